The minimum absolute atomic E-state index is 0.0273. The van der Waals surface area contributed by atoms with E-state index in [9.17, 15) is 9.59 Å². The smallest absolute Gasteiger partial charge is 0.276 e. The largest absolute Gasteiger partial charge is 0.368 e. The second kappa shape index (κ2) is 8.50. The second-order valence-electron chi connectivity index (χ2n) is 8.39. The number of hydrogen-bond acceptors (Lipinski definition) is 6. The first-order valence-electron chi connectivity index (χ1n) is 11.0. The van der Waals surface area contributed by atoms with E-state index in [1.54, 1.807) is 15.8 Å². The third-order valence-electron chi connectivity index (χ3n) is 5.95. The Morgan fingerprint density at radius 2 is 1.73 bits per heavy atom. The Labute approximate surface area is 190 Å². The highest BCUT2D eigenvalue weighted by Crippen LogP contribution is 2.21. The van der Waals surface area contributed by atoms with E-state index in [1.807, 2.05) is 62.4 Å². The van der Waals surface area contributed by atoms with E-state index < -0.39 is 0 Å². The molecule has 0 bridgehead atoms. The molecule has 2 aromatic heterocycles. The van der Waals surface area contributed by atoms with Gasteiger partial charge in [-0.15, -0.1) is 5.10 Å². The molecule has 4 aromatic rings. The van der Waals surface area contributed by atoms with Crippen LogP contribution in [0.1, 0.15) is 30.4 Å². The lowest BCUT2D eigenvalue weighted by atomic mass is 10.2. The first-order valence-corrected chi connectivity index (χ1v) is 11.0. The van der Waals surface area contributed by atoms with Crippen LogP contribution in [0.15, 0.2) is 65.8 Å². The van der Waals surface area contributed by atoms with E-state index in [0.717, 1.165) is 11.4 Å². The van der Waals surface area contributed by atoms with Gasteiger partial charge in [0.15, 0.2) is 5.69 Å². The fraction of sp³-hybridized carbons (Fsp3) is 0.292. The van der Waals surface area contributed by atoms with Gasteiger partial charge < -0.3 is 9.80 Å². The standard InChI is InChI=1S/C24H25N7O2/c1-17(2)30-16-25-21-14-19(8-9-20(21)23(30)32)28-10-12-29(13-11-28)24(33)22-15-26-31(27-22)18-6-4-3-5-7-18/h3-9,14-17H,10-13H2,1-2H3. The number of benzene rings is 2. The molecular weight excluding hydrogens is 418 g/mol. The second-order valence-corrected chi connectivity index (χ2v) is 8.39. The molecule has 1 aliphatic heterocycles. The van der Waals surface area contributed by atoms with Crippen molar-refractivity contribution < 1.29 is 4.79 Å². The molecule has 1 fully saturated rings. The number of para-hydroxylation sites is 1. The van der Waals surface area contributed by atoms with Crippen molar-refractivity contribution in [1.29, 1.82) is 0 Å². The van der Waals surface area contributed by atoms with Gasteiger partial charge in [0, 0.05) is 37.9 Å². The predicted molar refractivity (Wildman–Crippen MR) is 126 cm³/mol. The first kappa shape index (κ1) is 20.9. The Balaban J connectivity index is 1.28. The van der Waals surface area contributed by atoms with Gasteiger partial charge in [-0.25, -0.2) is 4.98 Å². The van der Waals surface area contributed by atoms with Crippen LogP contribution in [0.2, 0.25) is 0 Å². The highest BCUT2D eigenvalue weighted by molar-refractivity contribution is 5.92. The Kier molecular flexibility index (Phi) is 5.37. The van der Waals surface area contributed by atoms with Gasteiger partial charge in [-0.05, 0) is 44.2 Å². The summed E-state index contributed by atoms with van der Waals surface area (Å²) in [6, 6.07) is 15.3. The maximum Gasteiger partial charge on any atom is 0.276 e. The zero-order valence-electron chi connectivity index (χ0n) is 18.6. The zero-order valence-corrected chi connectivity index (χ0v) is 18.6. The van der Waals surface area contributed by atoms with Crippen molar-refractivity contribution in [3.05, 3.63) is 77.1 Å². The number of piperazine rings is 1. The predicted octanol–water partition coefficient (Wildman–Crippen LogP) is 2.52. The number of anilines is 1. The van der Waals surface area contributed by atoms with E-state index in [1.165, 1.54) is 11.0 Å². The molecule has 3 heterocycles. The Bertz CT molecular complexity index is 1350. The molecule has 0 N–H and O–H groups in total. The molecule has 9 heteroatoms. The fourth-order valence-electron chi connectivity index (χ4n) is 4.06. The fourth-order valence-corrected chi connectivity index (χ4v) is 4.06. The number of amides is 1. The van der Waals surface area contributed by atoms with Crippen LogP contribution >= 0.6 is 0 Å². The Morgan fingerprint density at radius 1 is 0.970 bits per heavy atom. The monoisotopic (exact) mass is 443 g/mol. The van der Waals surface area contributed by atoms with Crippen LogP contribution in [0, 0.1) is 0 Å². The van der Waals surface area contributed by atoms with Crippen LogP contribution in [-0.4, -0.2) is 61.5 Å². The van der Waals surface area contributed by atoms with Gasteiger partial charge in [-0.3, -0.25) is 14.2 Å². The number of carbonyl (C=O) groups excluding carboxylic acids is 1. The number of fused-ring (bicyclic) bond motifs is 1. The normalized spacial score (nSPS) is 14.3. The summed E-state index contributed by atoms with van der Waals surface area (Å²) in [7, 11) is 0. The highest BCUT2D eigenvalue weighted by atomic mass is 16.2. The number of carbonyl (C=O) groups is 1. The molecule has 0 spiro atoms. The van der Waals surface area contributed by atoms with Gasteiger partial charge in [-0.1, -0.05) is 18.2 Å². The third kappa shape index (κ3) is 3.97. The average molecular weight is 444 g/mol. The topological polar surface area (TPSA) is 89.2 Å². The Hall–Kier alpha value is -4.01. The molecule has 1 aliphatic rings. The van der Waals surface area contributed by atoms with Crippen LogP contribution < -0.4 is 10.5 Å². The van der Waals surface area contributed by atoms with Crippen LogP contribution in [0.5, 0.6) is 0 Å². The summed E-state index contributed by atoms with van der Waals surface area (Å²) in [5.41, 5.74) is 2.81. The summed E-state index contributed by atoms with van der Waals surface area (Å²) in [6.45, 7) is 6.47. The van der Waals surface area contributed by atoms with E-state index in [2.05, 4.69) is 20.1 Å². The molecule has 0 radical (unpaired) electrons. The molecule has 1 saturated heterocycles. The lowest BCUT2D eigenvalue weighted by Gasteiger charge is -2.35. The summed E-state index contributed by atoms with van der Waals surface area (Å²) < 4.78 is 1.64. The molecule has 0 saturated carbocycles. The maximum atomic E-state index is 12.9. The lowest BCUT2D eigenvalue weighted by Crippen LogP contribution is -2.49. The van der Waals surface area contributed by atoms with Crippen molar-refractivity contribution in [3.8, 4) is 5.69 Å². The first-order chi connectivity index (χ1) is 16.0. The number of rotatable bonds is 4. The van der Waals surface area contributed by atoms with E-state index in [-0.39, 0.29) is 17.5 Å². The minimum atomic E-state index is -0.119. The van der Waals surface area contributed by atoms with E-state index in [4.69, 9.17) is 0 Å². The van der Waals surface area contributed by atoms with Crippen molar-refractivity contribution in [2.75, 3.05) is 31.1 Å². The van der Waals surface area contributed by atoms with Gasteiger partial charge in [0.05, 0.1) is 29.1 Å². The lowest BCUT2D eigenvalue weighted by molar-refractivity contribution is 0.0740. The van der Waals surface area contributed by atoms with Crippen LogP contribution in [-0.2, 0) is 0 Å². The van der Waals surface area contributed by atoms with Gasteiger partial charge in [0.1, 0.15) is 0 Å². The molecule has 2 aromatic carbocycles. The number of aromatic nitrogens is 5. The van der Waals surface area contributed by atoms with Crippen molar-refractivity contribution in [2.45, 2.75) is 19.9 Å². The molecular formula is C24H25N7O2. The van der Waals surface area contributed by atoms with Gasteiger partial charge in [0.2, 0.25) is 0 Å². The van der Waals surface area contributed by atoms with Gasteiger partial charge >= 0.3 is 0 Å². The quantitative estimate of drug-likeness (QED) is 0.482. The van der Waals surface area contributed by atoms with Gasteiger partial charge in [-0.2, -0.15) is 9.90 Å². The molecule has 0 unspecified atom stereocenters. The summed E-state index contributed by atoms with van der Waals surface area (Å²) in [4.78, 5) is 35.6. The Morgan fingerprint density at radius 3 is 2.45 bits per heavy atom. The molecule has 1 amide bonds. The number of hydrogen-bond donors (Lipinski definition) is 0. The van der Waals surface area contributed by atoms with Crippen LogP contribution in [0.3, 0.4) is 0 Å². The maximum absolute atomic E-state index is 12.9. The van der Waals surface area contributed by atoms with Crippen molar-refractivity contribution in [2.24, 2.45) is 0 Å². The summed E-state index contributed by atoms with van der Waals surface area (Å²) >= 11 is 0. The summed E-state index contributed by atoms with van der Waals surface area (Å²) in [5, 5.41) is 9.20. The van der Waals surface area contributed by atoms with Crippen molar-refractivity contribution >= 4 is 22.5 Å². The highest BCUT2D eigenvalue weighted by Gasteiger charge is 2.24. The van der Waals surface area contributed by atoms with Crippen LogP contribution in [0.25, 0.3) is 16.6 Å². The minimum Gasteiger partial charge on any atom is -0.368 e. The van der Waals surface area contributed by atoms with Gasteiger partial charge in [0.25, 0.3) is 11.5 Å². The molecule has 0 atom stereocenters. The molecule has 5 rings (SSSR count). The van der Waals surface area contributed by atoms with E-state index in [0.29, 0.717) is 42.8 Å². The third-order valence-corrected chi connectivity index (χ3v) is 5.95. The number of nitrogens with zero attached hydrogens (tertiary/aromatic N) is 7. The van der Waals surface area contributed by atoms with E-state index >= 15 is 0 Å². The van der Waals surface area contributed by atoms with Crippen molar-refractivity contribution in [1.82, 2.24) is 29.4 Å². The zero-order chi connectivity index (χ0) is 22.9. The van der Waals surface area contributed by atoms with Crippen LogP contribution in [0.4, 0.5) is 5.69 Å². The molecule has 9 nitrogen and oxygen atoms in total. The van der Waals surface area contributed by atoms with Crippen molar-refractivity contribution in [3.63, 3.8) is 0 Å². The summed E-state index contributed by atoms with van der Waals surface area (Å²) in [5.74, 6) is -0.119. The molecule has 168 valence electrons. The SMILES string of the molecule is CC(C)n1cnc2cc(N3CCN(C(=O)c4cnn(-c5ccccc5)n4)CC3)ccc2c1=O. The average Bonchev–Trinajstić information content (AvgIpc) is 3.34. The molecule has 0 aliphatic carbocycles. The summed E-state index contributed by atoms with van der Waals surface area (Å²) in [6.07, 6.45) is 3.12. The molecule has 33 heavy (non-hydrogen) atoms.